The number of piperidine rings is 1. The van der Waals surface area contributed by atoms with Gasteiger partial charge in [-0.1, -0.05) is 0 Å². The van der Waals surface area contributed by atoms with Gasteiger partial charge in [0.15, 0.2) is 0 Å². The van der Waals surface area contributed by atoms with Gasteiger partial charge in [-0.2, -0.15) is 9.98 Å². The third-order valence-corrected chi connectivity index (χ3v) is 5.51. The molecule has 0 aliphatic carbocycles. The van der Waals surface area contributed by atoms with Crippen LogP contribution < -0.4 is 4.72 Å². The molecule has 1 N–H and O–H groups in total. The molecule has 0 radical (unpaired) electrons. The number of rotatable bonds is 3. The Kier molecular flexibility index (Phi) is 4.33. The summed E-state index contributed by atoms with van der Waals surface area (Å²) >= 11 is 0. The summed E-state index contributed by atoms with van der Waals surface area (Å²) in [5, 5.41) is 9.40. The summed E-state index contributed by atoms with van der Waals surface area (Å²) in [6, 6.07) is 5.61. The predicted molar refractivity (Wildman–Crippen MR) is 76.5 cm³/mol. The summed E-state index contributed by atoms with van der Waals surface area (Å²) in [5.74, 6) is -0.485. The summed E-state index contributed by atoms with van der Waals surface area (Å²) in [6.45, 7) is 2.84. The van der Waals surface area contributed by atoms with Crippen molar-refractivity contribution < 1.29 is 12.8 Å². The fourth-order valence-corrected chi connectivity index (χ4v) is 4.07. The van der Waals surface area contributed by atoms with E-state index in [9.17, 15) is 18.1 Å². The van der Waals surface area contributed by atoms with Crippen LogP contribution >= 0.6 is 0 Å². The lowest BCUT2D eigenvalue weighted by Gasteiger charge is -2.35. The Hall–Kier alpha value is -1.49. The minimum atomic E-state index is -3.85. The summed E-state index contributed by atoms with van der Waals surface area (Å²) in [4.78, 5) is 2.06. The molecule has 2 rings (SSSR count). The zero-order chi connectivity index (χ0) is 15.7. The van der Waals surface area contributed by atoms with Crippen molar-refractivity contribution in [1.82, 2.24) is 9.62 Å². The van der Waals surface area contributed by atoms with Crippen molar-refractivity contribution in [1.29, 1.82) is 5.26 Å². The van der Waals surface area contributed by atoms with Crippen molar-refractivity contribution in [3.63, 3.8) is 0 Å². The minimum absolute atomic E-state index is 0.0115. The van der Waals surface area contributed by atoms with E-state index in [1.807, 2.05) is 11.9 Å². The number of likely N-dealkylation sites (tertiary alicyclic amines) is 1. The quantitative estimate of drug-likeness (QED) is 0.916. The van der Waals surface area contributed by atoms with Crippen LogP contribution in [0.3, 0.4) is 0 Å². The molecule has 1 fully saturated rings. The van der Waals surface area contributed by atoms with Gasteiger partial charge in [0.1, 0.15) is 11.4 Å². The molecule has 0 unspecified atom stereocenters. The Labute approximate surface area is 124 Å². The Morgan fingerprint density at radius 3 is 2.52 bits per heavy atom. The molecule has 1 aliphatic heterocycles. The summed E-state index contributed by atoms with van der Waals surface area (Å²) < 4.78 is 40.6. The Morgan fingerprint density at radius 2 is 2.00 bits per heavy atom. The zero-order valence-corrected chi connectivity index (χ0v) is 12.9. The van der Waals surface area contributed by atoms with Crippen molar-refractivity contribution >= 4 is 10.0 Å². The van der Waals surface area contributed by atoms with E-state index in [2.05, 4.69) is 10.8 Å². The molecule has 0 saturated carbocycles. The van der Waals surface area contributed by atoms with Gasteiger partial charge in [0, 0.05) is 13.1 Å². The number of aryl methyl sites for hydroxylation is 1. The molecule has 7 heteroatoms. The normalized spacial score (nSPS) is 19.1. The molecule has 114 valence electrons. The van der Waals surface area contributed by atoms with Gasteiger partial charge < -0.3 is 4.90 Å². The number of hydrogen-bond acceptors (Lipinski definition) is 4. The lowest BCUT2D eigenvalue weighted by molar-refractivity contribution is 0.213. The second kappa shape index (κ2) is 5.72. The first-order valence-electron chi connectivity index (χ1n) is 6.68. The van der Waals surface area contributed by atoms with Gasteiger partial charge in [-0.15, -0.1) is 0 Å². The third kappa shape index (κ3) is 3.40. The SMILES string of the molecule is Cc1cc(F)ccc1S(=O)(=O)NC1(C#N)CCN(C)CC1. The average Bonchev–Trinajstić information content (AvgIpc) is 2.41. The van der Waals surface area contributed by atoms with Crippen molar-refractivity contribution in [2.75, 3.05) is 20.1 Å². The number of benzene rings is 1. The van der Waals surface area contributed by atoms with Crippen LogP contribution in [0.15, 0.2) is 23.1 Å². The molecule has 1 aromatic carbocycles. The van der Waals surface area contributed by atoms with E-state index < -0.39 is 21.4 Å². The maximum absolute atomic E-state index is 13.1. The van der Waals surface area contributed by atoms with Crippen LogP contribution in [0, 0.1) is 24.1 Å². The molecule has 0 spiro atoms. The summed E-state index contributed by atoms with van der Waals surface area (Å²) in [7, 11) is -1.92. The van der Waals surface area contributed by atoms with Crippen LogP contribution in [0.5, 0.6) is 0 Å². The van der Waals surface area contributed by atoms with Crippen molar-refractivity contribution in [2.24, 2.45) is 0 Å². The molecular weight excluding hydrogens is 293 g/mol. The molecule has 1 aliphatic rings. The minimum Gasteiger partial charge on any atom is -0.306 e. The van der Waals surface area contributed by atoms with E-state index in [4.69, 9.17) is 0 Å². The maximum atomic E-state index is 13.1. The molecule has 0 bridgehead atoms. The predicted octanol–water partition coefficient (Wildman–Crippen LogP) is 1.40. The number of nitrogens with zero attached hydrogens (tertiary/aromatic N) is 2. The van der Waals surface area contributed by atoms with Crippen LogP contribution in [0.4, 0.5) is 4.39 Å². The van der Waals surface area contributed by atoms with E-state index in [0.29, 0.717) is 31.5 Å². The third-order valence-electron chi connectivity index (χ3n) is 3.81. The number of nitriles is 1. The van der Waals surface area contributed by atoms with Gasteiger partial charge in [0.25, 0.3) is 0 Å². The number of halogens is 1. The molecule has 0 aromatic heterocycles. The molecular formula is C14H18FN3O2S. The highest BCUT2D eigenvalue weighted by molar-refractivity contribution is 7.89. The van der Waals surface area contributed by atoms with Crippen LogP contribution in [0.2, 0.25) is 0 Å². The topological polar surface area (TPSA) is 73.2 Å². The van der Waals surface area contributed by atoms with E-state index in [1.54, 1.807) is 0 Å². The van der Waals surface area contributed by atoms with Crippen LogP contribution in [0.1, 0.15) is 18.4 Å². The van der Waals surface area contributed by atoms with Gasteiger partial charge in [-0.3, -0.25) is 0 Å². The van der Waals surface area contributed by atoms with Crippen LogP contribution in [0.25, 0.3) is 0 Å². The number of nitrogens with one attached hydrogen (secondary N) is 1. The standard InChI is InChI=1S/C14H18FN3O2S/c1-11-9-12(15)3-4-13(11)21(19,20)17-14(10-16)5-7-18(2)8-6-14/h3-4,9,17H,5-8H2,1-2H3. The Balaban J connectivity index is 2.30. The first-order valence-corrected chi connectivity index (χ1v) is 8.16. The van der Waals surface area contributed by atoms with E-state index in [0.717, 1.165) is 6.07 Å². The fraction of sp³-hybridized carbons (Fsp3) is 0.500. The molecule has 1 saturated heterocycles. The average molecular weight is 311 g/mol. The van der Waals surface area contributed by atoms with E-state index in [-0.39, 0.29) is 4.90 Å². The lowest BCUT2D eigenvalue weighted by Crippen LogP contribution is -2.53. The van der Waals surface area contributed by atoms with Crippen LogP contribution in [-0.4, -0.2) is 39.0 Å². The highest BCUT2D eigenvalue weighted by atomic mass is 32.2. The van der Waals surface area contributed by atoms with Crippen LogP contribution in [-0.2, 0) is 10.0 Å². The van der Waals surface area contributed by atoms with Crippen molar-refractivity contribution in [3.8, 4) is 6.07 Å². The molecule has 0 amide bonds. The molecule has 1 aromatic rings. The zero-order valence-electron chi connectivity index (χ0n) is 12.1. The van der Waals surface area contributed by atoms with Crippen molar-refractivity contribution in [2.45, 2.75) is 30.2 Å². The summed E-state index contributed by atoms with van der Waals surface area (Å²) in [6.07, 6.45) is 0.860. The largest absolute Gasteiger partial charge is 0.306 e. The van der Waals surface area contributed by atoms with Gasteiger partial charge in [0.2, 0.25) is 10.0 Å². The van der Waals surface area contributed by atoms with E-state index in [1.165, 1.54) is 19.1 Å². The van der Waals surface area contributed by atoms with Gasteiger partial charge in [-0.25, -0.2) is 12.8 Å². The fourth-order valence-electron chi connectivity index (χ4n) is 2.46. The smallest absolute Gasteiger partial charge is 0.242 e. The highest BCUT2D eigenvalue weighted by Gasteiger charge is 2.38. The molecule has 5 nitrogen and oxygen atoms in total. The molecule has 1 heterocycles. The second-order valence-corrected chi connectivity index (χ2v) is 7.16. The Morgan fingerprint density at radius 1 is 1.38 bits per heavy atom. The van der Waals surface area contributed by atoms with Gasteiger partial charge in [0.05, 0.1) is 11.0 Å². The second-order valence-electron chi connectivity index (χ2n) is 5.51. The summed E-state index contributed by atoms with van der Waals surface area (Å²) in [5.41, 5.74) is -0.768. The Bertz CT molecular complexity index is 674. The monoisotopic (exact) mass is 311 g/mol. The molecule has 21 heavy (non-hydrogen) atoms. The van der Waals surface area contributed by atoms with Gasteiger partial charge in [-0.05, 0) is 50.6 Å². The first kappa shape index (κ1) is 15.9. The number of hydrogen-bond donors (Lipinski definition) is 1. The lowest BCUT2D eigenvalue weighted by atomic mass is 9.91. The van der Waals surface area contributed by atoms with Crippen molar-refractivity contribution in [3.05, 3.63) is 29.6 Å². The molecule has 0 atom stereocenters. The number of sulfonamides is 1. The maximum Gasteiger partial charge on any atom is 0.242 e. The first-order chi connectivity index (χ1) is 9.78. The van der Waals surface area contributed by atoms with Gasteiger partial charge >= 0.3 is 0 Å². The van der Waals surface area contributed by atoms with E-state index >= 15 is 0 Å². The highest BCUT2D eigenvalue weighted by Crippen LogP contribution is 2.25.